The second-order valence-corrected chi connectivity index (χ2v) is 5.63. The van der Waals surface area contributed by atoms with Gasteiger partial charge in [0.2, 0.25) is 5.91 Å². The Bertz CT molecular complexity index is 249. The molecule has 1 saturated heterocycles. The molecule has 1 N–H and O–H groups in total. The summed E-state index contributed by atoms with van der Waals surface area (Å²) in [6.45, 7) is 1.94. The molecule has 0 spiro atoms. The van der Waals surface area contributed by atoms with Crippen molar-refractivity contribution in [3.8, 4) is 0 Å². The molecule has 2 fully saturated rings. The Morgan fingerprint density at radius 3 is 2.71 bits per heavy atom. The molecule has 1 heterocycles. The number of rotatable bonds is 5. The lowest BCUT2D eigenvalue weighted by atomic mass is 10.0. The van der Waals surface area contributed by atoms with E-state index in [1.54, 1.807) is 0 Å². The topological polar surface area (TPSA) is 32.3 Å². The molecule has 2 aliphatic rings. The van der Waals surface area contributed by atoms with Gasteiger partial charge in [-0.25, -0.2) is 0 Å². The third-order valence-corrected chi connectivity index (χ3v) is 4.38. The molecule has 0 aromatic carbocycles. The van der Waals surface area contributed by atoms with Crippen molar-refractivity contribution >= 4 is 5.91 Å². The summed E-state index contributed by atoms with van der Waals surface area (Å²) < 4.78 is 0. The number of carbonyl (C=O) groups excluding carboxylic acids is 1. The first kappa shape index (κ1) is 12.9. The summed E-state index contributed by atoms with van der Waals surface area (Å²) in [4.78, 5) is 14.3. The molecule has 0 aromatic heterocycles. The summed E-state index contributed by atoms with van der Waals surface area (Å²) >= 11 is 0. The molecule has 0 radical (unpaired) electrons. The Hall–Kier alpha value is -0.570. The van der Waals surface area contributed by atoms with Gasteiger partial charge in [-0.3, -0.25) is 4.79 Å². The van der Waals surface area contributed by atoms with Gasteiger partial charge in [-0.2, -0.15) is 0 Å². The number of likely N-dealkylation sites (tertiary alicyclic amines) is 1. The number of hydrogen-bond donors (Lipinski definition) is 1. The van der Waals surface area contributed by atoms with E-state index >= 15 is 0 Å². The Morgan fingerprint density at radius 2 is 2.00 bits per heavy atom. The summed E-state index contributed by atoms with van der Waals surface area (Å²) in [6, 6.07) is 0.455. The molecule has 3 nitrogen and oxygen atoms in total. The maximum atomic E-state index is 12.2. The van der Waals surface area contributed by atoms with Gasteiger partial charge in [0.15, 0.2) is 0 Å². The number of likely N-dealkylation sites (N-methyl/N-ethyl adjacent to an activating group) is 1. The van der Waals surface area contributed by atoms with E-state index in [0.29, 0.717) is 11.9 Å². The van der Waals surface area contributed by atoms with Crippen molar-refractivity contribution in [1.29, 1.82) is 0 Å². The van der Waals surface area contributed by atoms with Crippen molar-refractivity contribution in [3.63, 3.8) is 0 Å². The van der Waals surface area contributed by atoms with Crippen molar-refractivity contribution in [2.24, 2.45) is 5.92 Å². The predicted octanol–water partition coefficient (Wildman–Crippen LogP) is 2.17. The van der Waals surface area contributed by atoms with E-state index in [2.05, 4.69) is 10.2 Å². The first-order valence-electron chi connectivity index (χ1n) is 7.25. The van der Waals surface area contributed by atoms with Crippen LogP contribution in [0.1, 0.15) is 51.4 Å². The lowest BCUT2D eigenvalue weighted by Crippen LogP contribution is -2.40. The molecule has 0 aromatic rings. The fourth-order valence-electron chi connectivity index (χ4n) is 3.38. The van der Waals surface area contributed by atoms with E-state index in [-0.39, 0.29) is 0 Å². The molecule has 1 aliphatic carbocycles. The molecule has 2 rings (SSSR count). The van der Waals surface area contributed by atoms with Crippen LogP contribution in [0.4, 0.5) is 0 Å². The number of amides is 1. The minimum Gasteiger partial charge on any atom is -0.338 e. The van der Waals surface area contributed by atoms with Crippen LogP contribution in [0.3, 0.4) is 0 Å². The van der Waals surface area contributed by atoms with Crippen LogP contribution in [0.25, 0.3) is 0 Å². The van der Waals surface area contributed by atoms with Gasteiger partial charge in [0.25, 0.3) is 0 Å². The summed E-state index contributed by atoms with van der Waals surface area (Å²) in [7, 11) is 1.97. The molecule has 17 heavy (non-hydrogen) atoms. The van der Waals surface area contributed by atoms with Gasteiger partial charge in [0.1, 0.15) is 0 Å². The molecule has 98 valence electrons. The summed E-state index contributed by atoms with van der Waals surface area (Å²) in [6.07, 6.45) is 9.74. The van der Waals surface area contributed by atoms with Crippen LogP contribution in [-0.2, 0) is 4.79 Å². The van der Waals surface area contributed by atoms with Crippen LogP contribution in [0.15, 0.2) is 0 Å². The standard InChI is InChI=1S/C14H26N2O/c1-15-11-13-7-4-10-16(13)14(17)9-8-12-5-2-3-6-12/h12-13,15H,2-11H2,1H3. The average molecular weight is 238 g/mol. The van der Waals surface area contributed by atoms with E-state index in [1.165, 1.54) is 38.5 Å². The average Bonchev–Trinajstić information content (AvgIpc) is 2.97. The van der Waals surface area contributed by atoms with Crippen molar-refractivity contribution < 1.29 is 4.79 Å². The lowest BCUT2D eigenvalue weighted by Gasteiger charge is -2.25. The summed E-state index contributed by atoms with van der Waals surface area (Å²) in [5.41, 5.74) is 0. The molecule has 1 amide bonds. The van der Waals surface area contributed by atoms with Crippen LogP contribution in [0.5, 0.6) is 0 Å². The zero-order valence-electron chi connectivity index (χ0n) is 11.1. The van der Waals surface area contributed by atoms with Crippen molar-refractivity contribution in [1.82, 2.24) is 10.2 Å². The summed E-state index contributed by atoms with van der Waals surface area (Å²) in [5.74, 6) is 1.24. The van der Waals surface area contributed by atoms with Crippen LogP contribution in [0.2, 0.25) is 0 Å². The van der Waals surface area contributed by atoms with E-state index in [4.69, 9.17) is 0 Å². The maximum Gasteiger partial charge on any atom is 0.222 e. The highest BCUT2D eigenvalue weighted by atomic mass is 16.2. The molecule has 3 heteroatoms. The largest absolute Gasteiger partial charge is 0.338 e. The van der Waals surface area contributed by atoms with Gasteiger partial charge in [0, 0.05) is 25.6 Å². The Balaban J connectivity index is 1.74. The first-order valence-corrected chi connectivity index (χ1v) is 7.25. The molecule has 1 unspecified atom stereocenters. The van der Waals surface area contributed by atoms with Gasteiger partial charge in [-0.1, -0.05) is 25.7 Å². The van der Waals surface area contributed by atoms with E-state index in [9.17, 15) is 4.79 Å². The number of hydrogen-bond acceptors (Lipinski definition) is 2. The quantitative estimate of drug-likeness (QED) is 0.796. The number of nitrogens with one attached hydrogen (secondary N) is 1. The Morgan fingerprint density at radius 1 is 1.24 bits per heavy atom. The van der Waals surface area contributed by atoms with Crippen molar-refractivity contribution in [3.05, 3.63) is 0 Å². The van der Waals surface area contributed by atoms with Crippen LogP contribution < -0.4 is 5.32 Å². The normalized spacial score (nSPS) is 25.7. The van der Waals surface area contributed by atoms with Gasteiger partial charge in [-0.15, -0.1) is 0 Å². The zero-order chi connectivity index (χ0) is 12.1. The van der Waals surface area contributed by atoms with Crippen molar-refractivity contribution in [2.45, 2.75) is 57.4 Å². The third-order valence-electron chi connectivity index (χ3n) is 4.38. The second kappa shape index (κ2) is 6.39. The monoisotopic (exact) mass is 238 g/mol. The van der Waals surface area contributed by atoms with Crippen LogP contribution in [0, 0.1) is 5.92 Å². The Kier molecular flexibility index (Phi) is 4.84. The van der Waals surface area contributed by atoms with E-state index < -0.39 is 0 Å². The van der Waals surface area contributed by atoms with Gasteiger partial charge in [-0.05, 0) is 32.2 Å². The van der Waals surface area contributed by atoms with E-state index in [0.717, 1.165) is 31.8 Å². The fourth-order valence-corrected chi connectivity index (χ4v) is 3.38. The molecule has 1 aliphatic heterocycles. The molecule has 0 bridgehead atoms. The Labute approximate surface area is 105 Å². The first-order chi connectivity index (χ1) is 8.31. The minimum absolute atomic E-state index is 0.398. The summed E-state index contributed by atoms with van der Waals surface area (Å²) in [5, 5.41) is 3.20. The third kappa shape index (κ3) is 3.44. The van der Waals surface area contributed by atoms with Gasteiger partial charge >= 0.3 is 0 Å². The SMILES string of the molecule is CNCC1CCCN1C(=O)CCC1CCCC1. The van der Waals surface area contributed by atoms with Crippen LogP contribution >= 0.6 is 0 Å². The molecule has 1 saturated carbocycles. The maximum absolute atomic E-state index is 12.2. The van der Waals surface area contributed by atoms with Gasteiger partial charge < -0.3 is 10.2 Å². The smallest absolute Gasteiger partial charge is 0.222 e. The minimum atomic E-state index is 0.398. The van der Waals surface area contributed by atoms with Crippen molar-refractivity contribution in [2.75, 3.05) is 20.1 Å². The molecule has 1 atom stereocenters. The lowest BCUT2D eigenvalue weighted by molar-refractivity contribution is -0.132. The highest BCUT2D eigenvalue weighted by Gasteiger charge is 2.28. The molecular weight excluding hydrogens is 212 g/mol. The van der Waals surface area contributed by atoms with E-state index in [1.807, 2.05) is 7.05 Å². The zero-order valence-corrected chi connectivity index (χ0v) is 11.1. The number of carbonyl (C=O) groups is 1. The fraction of sp³-hybridized carbons (Fsp3) is 0.929. The second-order valence-electron chi connectivity index (χ2n) is 5.63. The molecular formula is C14H26N2O. The van der Waals surface area contributed by atoms with Crippen LogP contribution in [-0.4, -0.2) is 37.0 Å². The van der Waals surface area contributed by atoms with Gasteiger partial charge in [0.05, 0.1) is 0 Å². The highest BCUT2D eigenvalue weighted by Crippen LogP contribution is 2.29. The number of nitrogens with zero attached hydrogens (tertiary/aromatic N) is 1. The predicted molar refractivity (Wildman–Crippen MR) is 69.9 cm³/mol. The highest BCUT2D eigenvalue weighted by molar-refractivity contribution is 5.76.